The van der Waals surface area contributed by atoms with Crippen molar-refractivity contribution in [2.24, 2.45) is 5.92 Å². The zero-order valence-electron chi connectivity index (χ0n) is 17.2. The van der Waals surface area contributed by atoms with Crippen molar-refractivity contribution in [3.63, 3.8) is 0 Å². The van der Waals surface area contributed by atoms with Crippen molar-refractivity contribution in [1.82, 2.24) is 4.98 Å². The SMILES string of the molecule is CCOC(=O)C(Cc1ccc(OCCN(C)c2ccccn2)cc1)C(=O)OCC. The Balaban J connectivity index is 1.89. The maximum absolute atomic E-state index is 12.1. The van der Waals surface area contributed by atoms with Crippen LogP contribution < -0.4 is 9.64 Å². The lowest BCUT2D eigenvalue weighted by Gasteiger charge is -2.18. The summed E-state index contributed by atoms with van der Waals surface area (Å²) in [6, 6.07) is 13.1. The zero-order chi connectivity index (χ0) is 21.1. The molecule has 0 aliphatic carbocycles. The predicted octanol–water partition coefficient (Wildman–Crippen LogP) is 2.88. The summed E-state index contributed by atoms with van der Waals surface area (Å²) in [5, 5.41) is 0. The first-order chi connectivity index (χ1) is 14.0. The Labute approximate surface area is 171 Å². The first-order valence-electron chi connectivity index (χ1n) is 9.72. The molecule has 0 saturated carbocycles. The highest BCUT2D eigenvalue weighted by molar-refractivity contribution is 5.95. The normalized spacial score (nSPS) is 10.5. The Morgan fingerprint density at radius 2 is 1.66 bits per heavy atom. The number of hydrogen-bond acceptors (Lipinski definition) is 7. The van der Waals surface area contributed by atoms with Crippen LogP contribution in [0.2, 0.25) is 0 Å². The summed E-state index contributed by atoms with van der Waals surface area (Å²) >= 11 is 0. The second kappa shape index (κ2) is 11.7. The molecule has 0 radical (unpaired) electrons. The van der Waals surface area contributed by atoms with E-state index in [1.165, 1.54) is 0 Å². The number of rotatable bonds is 11. The molecule has 0 N–H and O–H groups in total. The number of carbonyl (C=O) groups excluding carboxylic acids is 2. The van der Waals surface area contributed by atoms with Crippen LogP contribution in [0.3, 0.4) is 0 Å². The average Bonchev–Trinajstić information content (AvgIpc) is 2.74. The number of aromatic nitrogens is 1. The summed E-state index contributed by atoms with van der Waals surface area (Å²) < 4.78 is 15.8. The summed E-state index contributed by atoms with van der Waals surface area (Å²) in [6.45, 7) is 5.03. The number of anilines is 1. The number of ether oxygens (including phenoxy) is 3. The van der Waals surface area contributed by atoms with E-state index >= 15 is 0 Å². The molecule has 7 nitrogen and oxygen atoms in total. The van der Waals surface area contributed by atoms with Crippen LogP contribution in [0.15, 0.2) is 48.7 Å². The van der Waals surface area contributed by atoms with Crippen molar-refractivity contribution in [1.29, 1.82) is 0 Å². The Bertz CT molecular complexity index is 747. The first kappa shape index (κ1) is 22.2. The van der Waals surface area contributed by atoms with Crippen LogP contribution in [0, 0.1) is 5.92 Å². The van der Waals surface area contributed by atoms with Gasteiger partial charge in [-0.3, -0.25) is 9.59 Å². The van der Waals surface area contributed by atoms with Crippen molar-refractivity contribution in [2.75, 3.05) is 38.3 Å². The van der Waals surface area contributed by atoms with Crippen LogP contribution in [0.25, 0.3) is 0 Å². The van der Waals surface area contributed by atoms with Gasteiger partial charge in [-0.2, -0.15) is 0 Å². The van der Waals surface area contributed by atoms with Gasteiger partial charge in [-0.25, -0.2) is 4.98 Å². The molecule has 7 heteroatoms. The number of esters is 2. The van der Waals surface area contributed by atoms with Gasteiger partial charge in [0.05, 0.1) is 19.8 Å². The maximum Gasteiger partial charge on any atom is 0.320 e. The Morgan fingerprint density at radius 3 is 2.21 bits per heavy atom. The minimum absolute atomic E-state index is 0.217. The molecule has 156 valence electrons. The van der Waals surface area contributed by atoms with E-state index in [4.69, 9.17) is 14.2 Å². The fourth-order valence-electron chi connectivity index (χ4n) is 2.70. The molecular weight excluding hydrogens is 372 g/mol. The van der Waals surface area contributed by atoms with Gasteiger partial charge in [0.25, 0.3) is 0 Å². The topological polar surface area (TPSA) is 78.0 Å². The Hall–Kier alpha value is -3.09. The van der Waals surface area contributed by atoms with Crippen molar-refractivity contribution in [3.8, 4) is 5.75 Å². The van der Waals surface area contributed by atoms with E-state index in [0.29, 0.717) is 18.9 Å². The minimum atomic E-state index is -0.964. The lowest BCUT2D eigenvalue weighted by molar-refractivity contribution is -0.161. The van der Waals surface area contributed by atoms with Crippen molar-refractivity contribution >= 4 is 17.8 Å². The standard InChI is InChI=1S/C22H28N2O5/c1-4-27-21(25)19(22(26)28-5-2)16-17-9-11-18(12-10-17)29-15-14-24(3)20-8-6-7-13-23-20/h6-13,19H,4-5,14-16H2,1-3H3. The summed E-state index contributed by atoms with van der Waals surface area (Å²) in [5.41, 5.74) is 0.828. The predicted molar refractivity (Wildman–Crippen MR) is 110 cm³/mol. The molecule has 0 aliphatic heterocycles. The van der Waals surface area contributed by atoms with Gasteiger partial charge < -0.3 is 19.1 Å². The van der Waals surface area contributed by atoms with Crippen molar-refractivity contribution in [2.45, 2.75) is 20.3 Å². The van der Waals surface area contributed by atoms with Crippen LogP contribution in [0.5, 0.6) is 5.75 Å². The van der Waals surface area contributed by atoms with E-state index in [2.05, 4.69) is 4.98 Å². The van der Waals surface area contributed by atoms with Crippen molar-refractivity contribution < 1.29 is 23.8 Å². The second-order valence-corrected chi connectivity index (χ2v) is 6.36. The fourth-order valence-corrected chi connectivity index (χ4v) is 2.70. The molecule has 0 bridgehead atoms. The molecule has 2 aromatic rings. The van der Waals surface area contributed by atoms with Gasteiger partial charge in [-0.15, -0.1) is 0 Å². The third-order valence-corrected chi connectivity index (χ3v) is 4.24. The second-order valence-electron chi connectivity index (χ2n) is 6.36. The van der Waals surface area contributed by atoms with Gasteiger partial charge in [-0.1, -0.05) is 18.2 Å². The van der Waals surface area contributed by atoms with Crippen LogP contribution in [0.4, 0.5) is 5.82 Å². The molecular formula is C22H28N2O5. The Morgan fingerprint density at radius 1 is 1.00 bits per heavy atom. The Kier molecular flexibility index (Phi) is 8.95. The number of hydrogen-bond donors (Lipinski definition) is 0. The molecule has 0 spiro atoms. The highest BCUT2D eigenvalue weighted by Gasteiger charge is 2.29. The van der Waals surface area contributed by atoms with E-state index in [1.54, 1.807) is 20.0 Å². The van der Waals surface area contributed by atoms with E-state index < -0.39 is 17.9 Å². The summed E-state index contributed by atoms with van der Waals surface area (Å²) in [7, 11) is 1.96. The number of likely N-dealkylation sites (N-methyl/N-ethyl adjacent to an activating group) is 1. The van der Waals surface area contributed by atoms with Crippen LogP contribution in [-0.4, -0.2) is 50.3 Å². The fraction of sp³-hybridized carbons (Fsp3) is 0.409. The number of pyridine rings is 1. The van der Waals surface area contributed by atoms with E-state index in [9.17, 15) is 9.59 Å². The highest BCUT2D eigenvalue weighted by Crippen LogP contribution is 2.17. The summed E-state index contributed by atoms with van der Waals surface area (Å²) in [5.74, 6) is -0.497. The molecule has 0 fully saturated rings. The summed E-state index contributed by atoms with van der Waals surface area (Å²) in [4.78, 5) is 30.5. The zero-order valence-corrected chi connectivity index (χ0v) is 17.2. The molecule has 0 unspecified atom stereocenters. The lowest BCUT2D eigenvalue weighted by Crippen LogP contribution is -2.30. The molecule has 1 aromatic carbocycles. The van der Waals surface area contributed by atoms with E-state index in [-0.39, 0.29) is 19.6 Å². The van der Waals surface area contributed by atoms with Crippen LogP contribution in [-0.2, 0) is 25.5 Å². The maximum atomic E-state index is 12.1. The lowest BCUT2D eigenvalue weighted by atomic mass is 9.99. The van der Waals surface area contributed by atoms with Crippen LogP contribution in [0.1, 0.15) is 19.4 Å². The van der Waals surface area contributed by atoms with Gasteiger partial charge in [0.2, 0.25) is 0 Å². The molecule has 29 heavy (non-hydrogen) atoms. The number of carbonyl (C=O) groups is 2. The molecule has 0 saturated heterocycles. The molecule has 2 rings (SSSR count). The third kappa shape index (κ3) is 7.10. The first-order valence-corrected chi connectivity index (χ1v) is 9.72. The number of nitrogens with zero attached hydrogens (tertiary/aromatic N) is 2. The van der Waals surface area contributed by atoms with E-state index in [1.807, 2.05) is 54.4 Å². The van der Waals surface area contributed by atoms with Gasteiger partial charge >= 0.3 is 11.9 Å². The van der Waals surface area contributed by atoms with Gasteiger partial charge in [0.1, 0.15) is 18.2 Å². The quantitative estimate of drug-likeness (QED) is 0.424. The van der Waals surface area contributed by atoms with E-state index in [0.717, 1.165) is 11.4 Å². The highest BCUT2D eigenvalue weighted by atomic mass is 16.6. The number of benzene rings is 1. The largest absolute Gasteiger partial charge is 0.492 e. The third-order valence-electron chi connectivity index (χ3n) is 4.24. The summed E-state index contributed by atoms with van der Waals surface area (Å²) in [6.07, 6.45) is 1.98. The average molecular weight is 400 g/mol. The minimum Gasteiger partial charge on any atom is -0.492 e. The monoisotopic (exact) mass is 400 g/mol. The van der Waals surface area contributed by atoms with Gasteiger partial charge in [0.15, 0.2) is 5.92 Å². The van der Waals surface area contributed by atoms with Crippen LogP contribution >= 0.6 is 0 Å². The molecule has 1 heterocycles. The van der Waals surface area contributed by atoms with Gasteiger partial charge in [0, 0.05) is 13.2 Å². The van der Waals surface area contributed by atoms with Gasteiger partial charge in [-0.05, 0) is 50.1 Å². The molecule has 0 aliphatic rings. The smallest absolute Gasteiger partial charge is 0.320 e. The molecule has 1 aromatic heterocycles. The molecule has 0 atom stereocenters. The molecule has 0 amide bonds. The van der Waals surface area contributed by atoms with Crippen molar-refractivity contribution in [3.05, 3.63) is 54.2 Å².